The van der Waals surface area contributed by atoms with E-state index in [1.807, 2.05) is 32.0 Å². The van der Waals surface area contributed by atoms with Crippen LogP contribution in [0.3, 0.4) is 0 Å². The van der Waals surface area contributed by atoms with Crippen LogP contribution in [-0.4, -0.2) is 35.2 Å². The van der Waals surface area contributed by atoms with Crippen LogP contribution in [-0.2, 0) is 10.8 Å². The van der Waals surface area contributed by atoms with Gasteiger partial charge in [0.05, 0.1) is 5.56 Å². The van der Waals surface area contributed by atoms with Crippen LogP contribution in [0.4, 0.5) is 5.69 Å². The minimum atomic E-state index is -0.925. The minimum Gasteiger partial charge on any atom is -0.387 e. The molecule has 0 aliphatic carbocycles. The number of carbonyl (C=O) groups is 1. The number of benzene rings is 1. The molecule has 1 amide bonds. The van der Waals surface area contributed by atoms with E-state index in [1.165, 1.54) is 0 Å². The summed E-state index contributed by atoms with van der Waals surface area (Å²) in [5.74, 6) is -0.139. The molecule has 4 nitrogen and oxygen atoms in total. The SMILES string of the molecule is CNc1ccc(C)cc1C(=O)NCC(C)S(C)=O. The van der Waals surface area contributed by atoms with Crippen LogP contribution >= 0.6 is 0 Å². The minimum absolute atomic E-state index is 0.0446. The van der Waals surface area contributed by atoms with Crippen LogP contribution in [0.2, 0.25) is 0 Å². The summed E-state index contributed by atoms with van der Waals surface area (Å²) < 4.78 is 11.2. The number of nitrogens with one attached hydrogen (secondary N) is 2. The molecule has 5 heteroatoms. The third kappa shape index (κ3) is 3.84. The van der Waals surface area contributed by atoms with Gasteiger partial charge in [-0.2, -0.15) is 0 Å². The predicted molar refractivity (Wildman–Crippen MR) is 76.6 cm³/mol. The first kappa shape index (κ1) is 14.7. The van der Waals surface area contributed by atoms with Crippen molar-refractivity contribution in [2.24, 2.45) is 0 Å². The molecule has 2 N–H and O–H groups in total. The van der Waals surface area contributed by atoms with Crippen LogP contribution in [0.1, 0.15) is 22.8 Å². The van der Waals surface area contributed by atoms with Crippen molar-refractivity contribution in [1.29, 1.82) is 0 Å². The topological polar surface area (TPSA) is 58.2 Å². The Balaban J connectivity index is 2.78. The van der Waals surface area contributed by atoms with Gasteiger partial charge in [-0.25, -0.2) is 0 Å². The third-order valence-electron chi connectivity index (χ3n) is 2.81. The number of hydrogen-bond donors (Lipinski definition) is 2. The van der Waals surface area contributed by atoms with E-state index in [0.717, 1.165) is 11.3 Å². The Morgan fingerprint density at radius 1 is 1.44 bits per heavy atom. The molecule has 2 atom stereocenters. The Morgan fingerprint density at radius 2 is 2.11 bits per heavy atom. The fourth-order valence-corrected chi connectivity index (χ4v) is 1.83. The maximum absolute atomic E-state index is 12.1. The van der Waals surface area contributed by atoms with Gasteiger partial charge < -0.3 is 10.6 Å². The van der Waals surface area contributed by atoms with Crippen molar-refractivity contribution in [3.05, 3.63) is 29.3 Å². The highest BCUT2D eigenvalue weighted by molar-refractivity contribution is 7.84. The largest absolute Gasteiger partial charge is 0.387 e. The molecule has 0 radical (unpaired) electrons. The highest BCUT2D eigenvalue weighted by Gasteiger charge is 2.13. The first-order valence-corrected chi connectivity index (χ1v) is 7.46. The number of hydrogen-bond acceptors (Lipinski definition) is 3. The summed E-state index contributed by atoms with van der Waals surface area (Å²) in [6.07, 6.45) is 1.64. The summed E-state index contributed by atoms with van der Waals surface area (Å²) in [7, 11) is 0.858. The lowest BCUT2D eigenvalue weighted by Gasteiger charge is -2.13. The second kappa shape index (κ2) is 6.54. The number of anilines is 1. The quantitative estimate of drug-likeness (QED) is 0.851. The predicted octanol–water partition coefficient (Wildman–Crippen LogP) is 1.53. The van der Waals surface area contributed by atoms with Crippen molar-refractivity contribution < 1.29 is 9.00 Å². The molecule has 1 aromatic rings. The van der Waals surface area contributed by atoms with Crippen molar-refractivity contribution in [2.45, 2.75) is 19.1 Å². The van der Waals surface area contributed by atoms with Crippen LogP contribution in [0, 0.1) is 6.92 Å². The number of aryl methyl sites for hydroxylation is 1. The van der Waals surface area contributed by atoms with Crippen LogP contribution in [0.25, 0.3) is 0 Å². The van der Waals surface area contributed by atoms with Gasteiger partial charge in [-0.1, -0.05) is 11.6 Å². The molecule has 2 unspecified atom stereocenters. The molecule has 0 saturated heterocycles. The van der Waals surface area contributed by atoms with E-state index < -0.39 is 10.8 Å². The van der Waals surface area contributed by atoms with Gasteiger partial charge in [0.1, 0.15) is 0 Å². The van der Waals surface area contributed by atoms with Gasteiger partial charge in [0.2, 0.25) is 0 Å². The Kier molecular flexibility index (Phi) is 5.34. The molecule has 0 saturated carbocycles. The molecule has 0 aliphatic heterocycles. The maximum Gasteiger partial charge on any atom is 0.253 e. The van der Waals surface area contributed by atoms with Crippen molar-refractivity contribution in [3.63, 3.8) is 0 Å². The fraction of sp³-hybridized carbons (Fsp3) is 0.462. The van der Waals surface area contributed by atoms with Crippen molar-refractivity contribution >= 4 is 22.4 Å². The summed E-state index contributed by atoms with van der Waals surface area (Å²) in [6, 6.07) is 5.67. The van der Waals surface area contributed by atoms with E-state index in [9.17, 15) is 9.00 Å². The fourth-order valence-electron chi connectivity index (χ4n) is 1.51. The van der Waals surface area contributed by atoms with E-state index in [4.69, 9.17) is 0 Å². The summed E-state index contributed by atoms with van der Waals surface area (Å²) in [5, 5.41) is 5.76. The van der Waals surface area contributed by atoms with E-state index in [0.29, 0.717) is 12.1 Å². The second-order valence-electron chi connectivity index (χ2n) is 4.32. The number of carbonyl (C=O) groups excluding carboxylic acids is 1. The molecular formula is C13H20N2O2S. The number of amides is 1. The monoisotopic (exact) mass is 268 g/mol. The zero-order valence-corrected chi connectivity index (χ0v) is 12.1. The highest BCUT2D eigenvalue weighted by Crippen LogP contribution is 2.16. The smallest absolute Gasteiger partial charge is 0.253 e. The summed E-state index contributed by atoms with van der Waals surface area (Å²) in [5.41, 5.74) is 2.45. The van der Waals surface area contributed by atoms with Gasteiger partial charge in [-0.3, -0.25) is 9.00 Å². The molecule has 1 rings (SSSR count). The van der Waals surface area contributed by atoms with E-state index in [1.54, 1.807) is 13.3 Å². The van der Waals surface area contributed by atoms with Gasteiger partial charge in [0.25, 0.3) is 5.91 Å². The van der Waals surface area contributed by atoms with Crippen LogP contribution < -0.4 is 10.6 Å². The molecular weight excluding hydrogens is 248 g/mol. The first-order chi connectivity index (χ1) is 8.45. The molecule has 0 spiro atoms. The lowest BCUT2D eigenvalue weighted by atomic mass is 10.1. The van der Waals surface area contributed by atoms with Gasteiger partial charge in [-0.05, 0) is 26.0 Å². The van der Waals surface area contributed by atoms with E-state index in [2.05, 4.69) is 10.6 Å². The lowest BCUT2D eigenvalue weighted by Crippen LogP contribution is -2.33. The maximum atomic E-state index is 12.1. The first-order valence-electron chi connectivity index (χ1n) is 5.84. The molecule has 0 aliphatic rings. The summed E-state index contributed by atoms with van der Waals surface area (Å²) in [6.45, 7) is 4.21. The van der Waals surface area contributed by atoms with Crippen LogP contribution in [0.5, 0.6) is 0 Å². The normalized spacial score (nSPS) is 13.8. The van der Waals surface area contributed by atoms with Gasteiger partial charge >= 0.3 is 0 Å². The molecule has 0 bridgehead atoms. The van der Waals surface area contributed by atoms with Crippen LogP contribution in [0.15, 0.2) is 18.2 Å². The lowest BCUT2D eigenvalue weighted by molar-refractivity contribution is 0.0955. The zero-order chi connectivity index (χ0) is 13.7. The third-order valence-corrected chi connectivity index (χ3v) is 4.11. The van der Waals surface area contributed by atoms with Crippen molar-refractivity contribution in [2.75, 3.05) is 25.2 Å². The standard InChI is InChI=1S/C13H20N2O2S/c1-9-5-6-12(14-3)11(7-9)13(16)15-8-10(2)18(4)17/h5-7,10,14H,8H2,1-4H3,(H,15,16). The Hall–Kier alpha value is -1.36. The Morgan fingerprint density at radius 3 is 2.67 bits per heavy atom. The zero-order valence-electron chi connectivity index (χ0n) is 11.2. The molecule has 0 aromatic heterocycles. The second-order valence-corrected chi connectivity index (χ2v) is 6.12. The number of rotatable bonds is 5. The van der Waals surface area contributed by atoms with E-state index in [-0.39, 0.29) is 11.2 Å². The Bertz CT molecular complexity index is 460. The Labute approximate surface area is 111 Å². The average molecular weight is 268 g/mol. The summed E-state index contributed by atoms with van der Waals surface area (Å²) >= 11 is 0. The van der Waals surface area contributed by atoms with Gasteiger partial charge in [-0.15, -0.1) is 0 Å². The molecule has 18 heavy (non-hydrogen) atoms. The van der Waals surface area contributed by atoms with Gasteiger partial charge in [0, 0.05) is 41.6 Å². The average Bonchev–Trinajstić information content (AvgIpc) is 2.35. The van der Waals surface area contributed by atoms with Crippen molar-refractivity contribution in [3.8, 4) is 0 Å². The molecule has 0 fully saturated rings. The molecule has 0 heterocycles. The van der Waals surface area contributed by atoms with Crippen molar-refractivity contribution in [1.82, 2.24) is 5.32 Å². The molecule has 1 aromatic carbocycles. The highest BCUT2D eigenvalue weighted by atomic mass is 32.2. The van der Waals surface area contributed by atoms with E-state index >= 15 is 0 Å². The molecule has 100 valence electrons. The van der Waals surface area contributed by atoms with Gasteiger partial charge in [0.15, 0.2) is 0 Å². The summed E-state index contributed by atoms with van der Waals surface area (Å²) in [4.78, 5) is 12.1.